The van der Waals surface area contributed by atoms with Gasteiger partial charge in [-0.05, 0) is 53.4 Å². The van der Waals surface area contributed by atoms with E-state index in [2.05, 4.69) is 45.3 Å². The Morgan fingerprint density at radius 2 is 2.10 bits per heavy atom. The number of aliphatic hydroxyl groups excluding tert-OH is 1. The van der Waals surface area contributed by atoms with Gasteiger partial charge in [0.05, 0.1) is 10.2 Å². The zero-order valence-corrected chi connectivity index (χ0v) is 13.5. The van der Waals surface area contributed by atoms with Crippen molar-refractivity contribution in [3.8, 4) is 0 Å². The molecule has 1 aliphatic carbocycles. The highest BCUT2D eigenvalue weighted by atomic mass is 79.9. The van der Waals surface area contributed by atoms with E-state index < -0.39 is 0 Å². The number of amides is 1. The molecule has 0 aliphatic heterocycles. The largest absolute Gasteiger partial charge is 0.396 e. The first kappa shape index (κ1) is 15.5. The molecule has 3 N–H and O–H groups in total. The summed E-state index contributed by atoms with van der Waals surface area (Å²) in [6, 6.07) is 0.191. The van der Waals surface area contributed by atoms with Gasteiger partial charge in [0.15, 0.2) is 5.69 Å². The van der Waals surface area contributed by atoms with Crippen LogP contribution in [0.4, 0.5) is 0 Å². The summed E-state index contributed by atoms with van der Waals surface area (Å²) in [7, 11) is 0. The van der Waals surface area contributed by atoms with E-state index in [9.17, 15) is 4.79 Å². The number of hydrogen-bond donors (Lipinski definition) is 3. The number of aliphatic hydroxyl groups is 1. The van der Waals surface area contributed by atoms with Crippen LogP contribution in [-0.4, -0.2) is 33.9 Å². The Labute approximate surface area is 127 Å². The summed E-state index contributed by atoms with van der Waals surface area (Å²) in [6.45, 7) is 4.36. The van der Waals surface area contributed by atoms with E-state index in [1.54, 1.807) is 0 Å². The average Bonchev–Trinajstić information content (AvgIpc) is 2.81. The van der Waals surface area contributed by atoms with Crippen molar-refractivity contribution in [1.82, 2.24) is 15.5 Å². The van der Waals surface area contributed by atoms with Gasteiger partial charge in [0.1, 0.15) is 0 Å². The second kappa shape index (κ2) is 6.72. The Kier molecular flexibility index (Phi) is 5.21. The van der Waals surface area contributed by atoms with Crippen molar-refractivity contribution >= 4 is 21.8 Å². The van der Waals surface area contributed by atoms with Crippen molar-refractivity contribution in [2.24, 2.45) is 5.92 Å². The van der Waals surface area contributed by atoms with Crippen LogP contribution < -0.4 is 5.32 Å². The molecule has 1 amide bonds. The first-order chi connectivity index (χ1) is 9.52. The number of H-pyrrole nitrogens is 1. The Hall–Kier alpha value is -0.880. The van der Waals surface area contributed by atoms with Crippen LogP contribution in [0.3, 0.4) is 0 Å². The SMILES string of the molecule is CC(C)c1[nH]nc(C(=O)NC2CCC(CO)CC2)c1Br. The van der Waals surface area contributed by atoms with Gasteiger partial charge in [-0.15, -0.1) is 0 Å². The molecule has 112 valence electrons. The number of rotatable bonds is 4. The van der Waals surface area contributed by atoms with Crippen LogP contribution in [-0.2, 0) is 0 Å². The van der Waals surface area contributed by atoms with Gasteiger partial charge >= 0.3 is 0 Å². The highest BCUT2D eigenvalue weighted by molar-refractivity contribution is 9.10. The molecule has 0 unspecified atom stereocenters. The van der Waals surface area contributed by atoms with Crippen molar-refractivity contribution in [1.29, 1.82) is 0 Å². The standard InChI is InChI=1S/C14H22BrN3O2/c1-8(2)12-11(15)13(18-17-12)14(20)16-10-5-3-9(7-19)4-6-10/h8-10,19H,3-7H2,1-2H3,(H,16,20)(H,17,18). The lowest BCUT2D eigenvalue weighted by Crippen LogP contribution is -2.38. The van der Waals surface area contributed by atoms with E-state index in [1.165, 1.54) is 0 Å². The fourth-order valence-electron chi connectivity index (χ4n) is 2.62. The Balaban J connectivity index is 1.96. The van der Waals surface area contributed by atoms with Crippen molar-refractivity contribution < 1.29 is 9.90 Å². The van der Waals surface area contributed by atoms with E-state index in [0.717, 1.165) is 35.8 Å². The van der Waals surface area contributed by atoms with Gasteiger partial charge in [-0.1, -0.05) is 13.8 Å². The number of carbonyl (C=O) groups excluding carboxylic acids is 1. The fourth-order valence-corrected chi connectivity index (χ4v) is 3.43. The summed E-state index contributed by atoms with van der Waals surface area (Å²) in [5, 5.41) is 19.2. The van der Waals surface area contributed by atoms with Gasteiger partial charge in [-0.2, -0.15) is 5.10 Å². The first-order valence-electron chi connectivity index (χ1n) is 7.18. The number of aromatic nitrogens is 2. The second-order valence-electron chi connectivity index (χ2n) is 5.83. The fraction of sp³-hybridized carbons (Fsp3) is 0.714. The van der Waals surface area contributed by atoms with Gasteiger partial charge in [-0.3, -0.25) is 9.89 Å². The molecule has 5 nitrogen and oxygen atoms in total. The molecular formula is C14H22BrN3O2. The normalized spacial score (nSPS) is 23.1. The highest BCUT2D eigenvalue weighted by Crippen LogP contribution is 2.27. The summed E-state index contributed by atoms with van der Waals surface area (Å²) in [5.41, 5.74) is 1.37. The van der Waals surface area contributed by atoms with Gasteiger partial charge < -0.3 is 10.4 Å². The molecule has 0 radical (unpaired) electrons. The maximum absolute atomic E-state index is 12.2. The van der Waals surface area contributed by atoms with Crippen LogP contribution in [0.2, 0.25) is 0 Å². The second-order valence-corrected chi connectivity index (χ2v) is 6.62. The molecule has 20 heavy (non-hydrogen) atoms. The molecule has 0 aromatic carbocycles. The van der Waals surface area contributed by atoms with Crippen molar-refractivity contribution in [2.45, 2.75) is 51.5 Å². The van der Waals surface area contributed by atoms with Crippen molar-refractivity contribution in [3.05, 3.63) is 15.9 Å². The maximum Gasteiger partial charge on any atom is 0.273 e. The molecule has 1 aromatic heterocycles. The Bertz CT molecular complexity index is 465. The molecule has 0 bridgehead atoms. The minimum Gasteiger partial charge on any atom is -0.396 e. The lowest BCUT2D eigenvalue weighted by atomic mass is 9.86. The zero-order chi connectivity index (χ0) is 14.7. The third-order valence-corrected chi connectivity index (χ3v) is 4.77. The summed E-state index contributed by atoms with van der Waals surface area (Å²) < 4.78 is 0.758. The molecule has 0 spiro atoms. The average molecular weight is 344 g/mol. The molecule has 1 aromatic rings. The smallest absolute Gasteiger partial charge is 0.273 e. The lowest BCUT2D eigenvalue weighted by molar-refractivity contribution is 0.0908. The third-order valence-electron chi connectivity index (χ3n) is 3.97. The van der Waals surface area contributed by atoms with E-state index >= 15 is 0 Å². The van der Waals surface area contributed by atoms with E-state index in [0.29, 0.717) is 17.5 Å². The summed E-state index contributed by atoms with van der Waals surface area (Å²) in [6.07, 6.45) is 3.80. The van der Waals surface area contributed by atoms with Crippen LogP contribution in [0.25, 0.3) is 0 Å². The molecule has 2 rings (SSSR count). The molecule has 1 aliphatic rings. The molecule has 0 atom stereocenters. The highest BCUT2D eigenvalue weighted by Gasteiger charge is 2.25. The van der Waals surface area contributed by atoms with Gasteiger partial charge in [-0.25, -0.2) is 0 Å². The number of aromatic amines is 1. The van der Waals surface area contributed by atoms with Crippen molar-refractivity contribution in [3.63, 3.8) is 0 Å². The van der Waals surface area contributed by atoms with Crippen LogP contribution in [0.15, 0.2) is 4.47 Å². The number of carbonyl (C=O) groups is 1. The quantitative estimate of drug-likeness (QED) is 0.786. The van der Waals surface area contributed by atoms with Crippen molar-refractivity contribution in [2.75, 3.05) is 6.61 Å². The molecule has 1 fully saturated rings. The molecular weight excluding hydrogens is 322 g/mol. The van der Waals surface area contributed by atoms with E-state index in [-0.39, 0.29) is 18.6 Å². The number of halogens is 1. The first-order valence-corrected chi connectivity index (χ1v) is 7.97. The van der Waals surface area contributed by atoms with Gasteiger partial charge in [0.25, 0.3) is 5.91 Å². The van der Waals surface area contributed by atoms with E-state index in [1.807, 2.05) is 0 Å². The third kappa shape index (κ3) is 3.41. The molecule has 1 heterocycles. The zero-order valence-electron chi connectivity index (χ0n) is 11.9. The minimum atomic E-state index is -0.132. The molecule has 1 saturated carbocycles. The summed E-state index contributed by atoms with van der Waals surface area (Å²) in [4.78, 5) is 12.2. The molecule has 6 heteroatoms. The Morgan fingerprint density at radius 3 is 2.60 bits per heavy atom. The topological polar surface area (TPSA) is 78.0 Å². The molecule has 0 saturated heterocycles. The Morgan fingerprint density at radius 1 is 1.45 bits per heavy atom. The van der Waals surface area contributed by atoms with E-state index in [4.69, 9.17) is 5.11 Å². The van der Waals surface area contributed by atoms with Gasteiger partial charge in [0, 0.05) is 12.6 Å². The number of nitrogens with zero attached hydrogens (tertiary/aromatic N) is 1. The predicted molar refractivity (Wildman–Crippen MR) is 80.7 cm³/mol. The predicted octanol–water partition coefficient (Wildman–Crippen LogP) is 2.58. The minimum absolute atomic E-state index is 0.132. The van der Waals surface area contributed by atoms with Crippen LogP contribution in [0, 0.1) is 5.92 Å². The maximum atomic E-state index is 12.2. The number of hydrogen-bond acceptors (Lipinski definition) is 3. The van der Waals surface area contributed by atoms with Crippen LogP contribution in [0.1, 0.15) is 61.6 Å². The summed E-state index contributed by atoms with van der Waals surface area (Å²) >= 11 is 3.45. The van der Waals surface area contributed by atoms with Crippen LogP contribution >= 0.6 is 15.9 Å². The lowest BCUT2D eigenvalue weighted by Gasteiger charge is -2.27. The monoisotopic (exact) mass is 343 g/mol. The number of nitrogens with one attached hydrogen (secondary N) is 2. The summed E-state index contributed by atoms with van der Waals surface area (Å²) in [5.74, 6) is 0.554. The van der Waals surface area contributed by atoms with Crippen LogP contribution in [0.5, 0.6) is 0 Å². The van der Waals surface area contributed by atoms with Gasteiger partial charge in [0.2, 0.25) is 0 Å².